The Hall–Kier alpha value is -2.10. The fraction of sp³-hybridized carbons (Fsp3) is 0.231. The molecular weight excluding hydrogens is 218 g/mol. The van der Waals surface area contributed by atoms with E-state index in [1.165, 1.54) is 4.90 Å². The van der Waals surface area contributed by atoms with Crippen molar-refractivity contribution in [1.29, 1.82) is 0 Å². The molecule has 4 heteroatoms. The van der Waals surface area contributed by atoms with Gasteiger partial charge in [-0.05, 0) is 18.6 Å². The number of hydrogen-bond donors (Lipinski definition) is 0. The zero-order chi connectivity index (χ0) is 11.8. The molecule has 1 saturated heterocycles. The Bertz CT molecular complexity index is 644. The Labute approximate surface area is 97.5 Å². The number of amides is 1. The number of carbonyl (C=O) groups excluding carboxylic acids is 1. The van der Waals surface area contributed by atoms with E-state index in [9.17, 15) is 9.59 Å². The van der Waals surface area contributed by atoms with Crippen LogP contribution in [0, 0.1) is 0 Å². The summed E-state index contributed by atoms with van der Waals surface area (Å²) in [5, 5.41) is 0.835. The Morgan fingerprint density at radius 1 is 1.18 bits per heavy atom. The van der Waals surface area contributed by atoms with E-state index in [2.05, 4.69) is 0 Å². The first-order valence-corrected chi connectivity index (χ1v) is 5.59. The Kier molecular flexibility index (Phi) is 2.21. The first-order valence-electron chi connectivity index (χ1n) is 5.59. The third-order valence-corrected chi connectivity index (χ3v) is 2.99. The topological polar surface area (TPSA) is 50.5 Å². The molecule has 0 bridgehead atoms. The van der Waals surface area contributed by atoms with Crippen molar-refractivity contribution in [3.05, 3.63) is 40.8 Å². The first-order chi connectivity index (χ1) is 8.25. The van der Waals surface area contributed by atoms with Gasteiger partial charge in [0.15, 0.2) is 0 Å². The summed E-state index contributed by atoms with van der Waals surface area (Å²) in [6.07, 6.45) is 1.30. The monoisotopic (exact) mass is 229 g/mol. The highest BCUT2D eigenvalue weighted by Crippen LogP contribution is 2.22. The molecule has 1 aromatic heterocycles. The molecule has 0 radical (unpaired) electrons. The maximum absolute atomic E-state index is 11.8. The smallest absolute Gasteiger partial charge is 0.360 e. The lowest BCUT2D eigenvalue weighted by Crippen LogP contribution is -2.28. The number of carbonyl (C=O) groups is 1. The standard InChI is InChI=1S/C13H11NO3/c15-12-6-3-7-14(12)10-8-9-4-1-2-5-11(9)17-13(10)16/h1-2,4-5,8H,3,6-7H2. The van der Waals surface area contributed by atoms with Crippen LogP contribution in [0.15, 0.2) is 39.5 Å². The van der Waals surface area contributed by atoms with E-state index in [0.29, 0.717) is 24.2 Å². The lowest BCUT2D eigenvalue weighted by Gasteiger charge is -2.13. The van der Waals surface area contributed by atoms with Crippen LogP contribution in [0.4, 0.5) is 5.69 Å². The van der Waals surface area contributed by atoms with Gasteiger partial charge in [-0.15, -0.1) is 0 Å². The van der Waals surface area contributed by atoms with E-state index in [0.717, 1.165) is 11.8 Å². The predicted molar refractivity (Wildman–Crippen MR) is 64.1 cm³/mol. The van der Waals surface area contributed by atoms with Crippen molar-refractivity contribution in [2.24, 2.45) is 0 Å². The van der Waals surface area contributed by atoms with Crippen LogP contribution in [0.25, 0.3) is 11.0 Å². The van der Waals surface area contributed by atoms with Gasteiger partial charge >= 0.3 is 5.63 Å². The van der Waals surface area contributed by atoms with Crippen LogP contribution in [-0.4, -0.2) is 12.5 Å². The van der Waals surface area contributed by atoms with Gasteiger partial charge in [0.1, 0.15) is 11.3 Å². The molecule has 4 nitrogen and oxygen atoms in total. The average Bonchev–Trinajstić information content (AvgIpc) is 2.74. The lowest BCUT2D eigenvalue weighted by molar-refractivity contribution is -0.117. The Balaban J connectivity index is 2.19. The summed E-state index contributed by atoms with van der Waals surface area (Å²) >= 11 is 0. The molecule has 17 heavy (non-hydrogen) atoms. The molecule has 0 saturated carbocycles. The number of anilines is 1. The minimum absolute atomic E-state index is 0.00687. The quantitative estimate of drug-likeness (QED) is 0.702. The molecule has 0 N–H and O–H groups in total. The van der Waals surface area contributed by atoms with Crippen molar-refractivity contribution in [2.75, 3.05) is 11.4 Å². The molecule has 1 aliphatic heterocycles. The van der Waals surface area contributed by atoms with E-state index < -0.39 is 5.63 Å². The van der Waals surface area contributed by atoms with Crippen LogP contribution in [0.3, 0.4) is 0 Å². The van der Waals surface area contributed by atoms with Gasteiger partial charge in [0.25, 0.3) is 0 Å². The van der Waals surface area contributed by atoms with Crippen molar-refractivity contribution in [1.82, 2.24) is 0 Å². The van der Waals surface area contributed by atoms with Crippen molar-refractivity contribution in [3.63, 3.8) is 0 Å². The van der Waals surface area contributed by atoms with E-state index >= 15 is 0 Å². The highest BCUT2D eigenvalue weighted by molar-refractivity contribution is 5.96. The lowest BCUT2D eigenvalue weighted by atomic mass is 10.2. The minimum atomic E-state index is -0.445. The highest BCUT2D eigenvalue weighted by Gasteiger charge is 2.24. The van der Waals surface area contributed by atoms with Gasteiger partial charge in [0, 0.05) is 18.4 Å². The SMILES string of the molecule is O=C1CCCN1c1cc2ccccc2oc1=O. The van der Waals surface area contributed by atoms with E-state index in [1.807, 2.05) is 18.2 Å². The van der Waals surface area contributed by atoms with E-state index in [4.69, 9.17) is 4.42 Å². The third-order valence-electron chi connectivity index (χ3n) is 2.99. The largest absolute Gasteiger partial charge is 0.421 e. The fourth-order valence-electron chi connectivity index (χ4n) is 2.14. The molecule has 86 valence electrons. The number of nitrogens with zero attached hydrogens (tertiary/aromatic N) is 1. The summed E-state index contributed by atoms with van der Waals surface area (Å²) in [5.41, 5.74) is 0.457. The molecule has 0 aliphatic carbocycles. The summed E-state index contributed by atoms with van der Waals surface area (Å²) in [6.45, 7) is 0.599. The molecule has 1 fully saturated rings. The number of fused-ring (bicyclic) bond motifs is 1. The van der Waals surface area contributed by atoms with Gasteiger partial charge in [0.05, 0.1) is 0 Å². The molecule has 0 atom stereocenters. The van der Waals surface area contributed by atoms with E-state index in [-0.39, 0.29) is 5.91 Å². The first kappa shape index (κ1) is 10.1. The average molecular weight is 229 g/mol. The number of rotatable bonds is 1. The maximum Gasteiger partial charge on any atom is 0.360 e. The number of hydrogen-bond acceptors (Lipinski definition) is 3. The van der Waals surface area contributed by atoms with Crippen LogP contribution in [-0.2, 0) is 4.79 Å². The summed E-state index contributed by atoms with van der Waals surface area (Å²) < 4.78 is 5.20. The van der Waals surface area contributed by atoms with E-state index in [1.54, 1.807) is 12.1 Å². The third kappa shape index (κ3) is 1.62. The van der Waals surface area contributed by atoms with Crippen molar-refractivity contribution >= 4 is 22.6 Å². The molecule has 1 aliphatic rings. The second-order valence-electron chi connectivity index (χ2n) is 4.11. The highest BCUT2D eigenvalue weighted by atomic mass is 16.4. The Morgan fingerprint density at radius 2 is 2.00 bits per heavy atom. The van der Waals surface area contributed by atoms with Crippen LogP contribution in [0.5, 0.6) is 0 Å². The molecule has 1 amide bonds. The zero-order valence-corrected chi connectivity index (χ0v) is 9.18. The van der Waals surface area contributed by atoms with Gasteiger partial charge in [-0.3, -0.25) is 4.79 Å². The van der Waals surface area contributed by atoms with Crippen molar-refractivity contribution in [3.8, 4) is 0 Å². The molecular formula is C13H11NO3. The second-order valence-corrected chi connectivity index (χ2v) is 4.11. The predicted octanol–water partition coefficient (Wildman–Crippen LogP) is 1.92. The van der Waals surface area contributed by atoms with Crippen molar-refractivity contribution < 1.29 is 9.21 Å². The Morgan fingerprint density at radius 3 is 2.76 bits per heavy atom. The van der Waals surface area contributed by atoms with Crippen LogP contribution < -0.4 is 10.5 Å². The van der Waals surface area contributed by atoms with Crippen LogP contribution in [0.2, 0.25) is 0 Å². The van der Waals surface area contributed by atoms with Crippen molar-refractivity contribution in [2.45, 2.75) is 12.8 Å². The zero-order valence-electron chi connectivity index (χ0n) is 9.18. The van der Waals surface area contributed by atoms with Gasteiger partial charge in [-0.25, -0.2) is 4.79 Å². The summed E-state index contributed by atoms with van der Waals surface area (Å²) in [6, 6.07) is 9.02. The molecule has 1 aromatic carbocycles. The maximum atomic E-state index is 11.8. The summed E-state index contributed by atoms with van der Waals surface area (Å²) in [4.78, 5) is 24.9. The second kappa shape index (κ2) is 3.73. The fourth-order valence-corrected chi connectivity index (χ4v) is 2.14. The molecule has 0 spiro atoms. The van der Waals surface area contributed by atoms with Gasteiger partial charge in [0.2, 0.25) is 5.91 Å². The minimum Gasteiger partial charge on any atom is -0.421 e. The molecule has 2 heterocycles. The van der Waals surface area contributed by atoms with Crippen LogP contribution in [0.1, 0.15) is 12.8 Å². The van der Waals surface area contributed by atoms with Crippen LogP contribution >= 0.6 is 0 Å². The van der Waals surface area contributed by atoms with Gasteiger partial charge in [-0.1, -0.05) is 18.2 Å². The molecule has 0 unspecified atom stereocenters. The summed E-state index contributed by atoms with van der Waals surface area (Å²) in [7, 11) is 0. The number of benzene rings is 1. The molecule has 3 rings (SSSR count). The van der Waals surface area contributed by atoms with Gasteiger partial charge in [-0.2, -0.15) is 0 Å². The normalized spacial score (nSPS) is 15.8. The molecule has 2 aromatic rings. The summed E-state index contributed by atoms with van der Waals surface area (Å²) in [5.74, 6) is -0.00687. The van der Waals surface area contributed by atoms with Gasteiger partial charge < -0.3 is 9.32 Å². The number of para-hydroxylation sites is 1.